The Morgan fingerprint density at radius 1 is 0.971 bits per heavy atom. The number of carbonyl (C=O) groups excluding carboxylic acids is 1. The largest absolute Gasteiger partial charge is 0.490 e. The van der Waals surface area contributed by atoms with Crippen LogP contribution in [0.4, 0.5) is 10.7 Å². The van der Waals surface area contributed by atoms with Crippen molar-refractivity contribution in [2.45, 2.75) is 64.3 Å². The Kier molecular flexibility index (Phi) is 7.37. The van der Waals surface area contributed by atoms with Crippen molar-refractivity contribution >= 4 is 12.0 Å². The molecule has 2 saturated heterocycles. The van der Waals surface area contributed by atoms with Crippen LogP contribution < -0.4 is 9.64 Å². The van der Waals surface area contributed by atoms with Gasteiger partial charge in [-0.2, -0.15) is 0 Å². The van der Waals surface area contributed by atoms with Gasteiger partial charge in [0.15, 0.2) is 5.75 Å². The van der Waals surface area contributed by atoms with Gasteiger partial charge in [0, 0.05) is 32.7 Å². The molecule has 5 rings (SSSR count). The molecule has 0 N–H and O–H groups in total. The highest BCUT2D eigenvalue weighted by Gasteiger charge is 2.36. The molecular weight excluding hydrogens is 442 g/mol. The van der Waals surface area contributed by atoms with Gasteiger partial charge in [-0.3, -0.25) is 9.80 Å². The molecule has 1 amide bonds. The third-order valence-electron chi connectivity index (χ3n) is 7.26. The lowest BCUT2D eigenvalue weighted by molar-refractivity contribution is 0.00996. The van der Waals surface area contributed by atoms with Gasteiger partial charge in [0.05, 0.1) is 31.1 Å². The van der Waals surface area contributed by atoms with Crippen LogP contribution in [0.25, 0.3) is 0 Å². The Bertz CT molecular complexity index is 949. The molecule has 1 saturated carbocycles. The zero-order valence-electron chi connectivity index (χ0n) is 20.9. The van der Waals surface area contributed by atoms with Crippen LogP contribution in [0, 0.1) is 5.92 Å². The number of ether oxygens (including phenoxy) is 2. The van der Waals surface area contributed by atoms with Crippen molar-refractivity contribution in [3.63, 3.8) is 0 Å². The van der Waals surface area contributed by atoms with Crippen molar-refractivity contribution in [2.24, 2.45) is 5.92 Å². The molecule has 1 aromatic carbocycles. The van der Waals surface area contributed by atoms with E-state index in [0.717, 1.165) is 44.8 Å². The summed E-state index contributed by atoms with van der Waals surface area (Å²) in [7, 11) is 0. The topological polar surface area (TPSA) is 71.0 Å². The van der Waals surface area contributed by atoms with Crippen molar-refractivity contribution in [2.75, 3.05) is 37.7 Å². The second kappa shape index (κ2) is 10.8. The van der Waals surface area contributed by atoms with Gasteiger partial charge in [-0.05, 0) is 51.0 Å². The van der Waals surface area contributed by atoms with Crippen molar-refractivity contribution < 1.29 is 14.3 Å². The van der Waals surface area contributed by atoms with E-state index in [1.807, 2.05) is 11.0 Å². The number of likely N-dealkylation sites (tertiary alicyclic amines) is 1. The van der Waals surface area contributed by atoms with Gasteiger partial charge in [0.2, 0.25) is 5.95 Å². The van der Waals surface area contributed by atoms with E-state index in [0.29, 0.717) is 25.0 Å². The fourth-order valence-corrected chi connectivity index (χ4v) is 5.12. The smallest absolute Gasteiger partial charge is 0.410 e. The molecule has 0 spiro atoms. The average Bonchev–Trinajstić information content (AvgIpc) is 3.69. The van der Waals surface area contributed by atoms with E-state index < -0.39 is 0 Å². The number of hydrogen-bond acceptors (Lipinski definition) is 7. The van der Waals surface area contributed by atoms with E-state index in [4.69, 9.17) is 9.47 Å². The van der Waals surface area contributed by atoms with Crippen LogP contribution in [0.3, 0.4) is 0 Å². The number of aromatic nitrogens is 2. The number of carbonyl (C=O) groups is 1. The number of piperazine rings is 1. The molecule has 0 radical (unpaired) electrons. The van der Waals surface area contributed by atoms with E-state index in [2.05, 4.69) is 57.9 Å². The third kappa shape index (κ3) is 6.23. The average molecular weight is 480 g/mol. The molecule has 35 heavy (non-hydrogen) atoms. The molecule has 3 heterocycles. The lowest BCUT2D eigenvalue weighted by Gasteiger charge is -2.44. The second-order valence-corrected chi connectivity index (χ2v) is 10.3. The van der Waals surface area contributed by atoms with Crippen LogP contribution in [0.5, 0.6) is 5.75 Å². The summed E-state index contributed by atoms with van der Waals surface area (Å²) < 4.78 is 11.7. The highest BCUT2D eigenvalue weighted by Crippen LogP contribution is 2.29. The Labute approximate surface area is 208 Å². The van der Waals surface area contributed by atoms with Gasteiger partial charge in [0.25, 0.3) is 0 Å². The van der Waals surface area contributed by atoms with E-state index in [-0.39, 0.29) is 24.3 Å². The predicted octanol–water partition coefficient (Wildman–Crippen LogP) is 3.97. The first-order valence-corrected chi connectivity index (χ1v) is 13.0. The minimum Gasteiger partial charge on any atom is -0.490 e. The van der Waals surface area contributed by atoms with Crippen molar-refractivity contribution in [3.05, 3.63) is 48.3 Å². The molecule has 1 aromatic heterocycles. The molecule has 0 bridgehead atoms. The molecule has 2 aliphatic heterocycles. The number of anilines is 1. The molecule has 8 nitrogen and oxygen atoms in total. The Balaban J connectivity index is 1.09. The fraction of sp³-hybridized carbons (Fsp3) is 0.593. The number of benzene rings is 1. The zero-order chi connectivity index (χ0) is 24.2. The molecule has 1 aliphatic carbocycles. The number of piperidine rings is 1. The van der Waals surface area contributed by atoms with Gasteiger partial charge in [0.1, 0.15) is 6.10 Å². The number of nitrogens with zero attached hydrogens (tertiary/aromatic N) is 5. The monoisotopic (exact) mass is 479 g/mol. The van der Waals surface area contributed by atoms with E-state index >= 15 is 0 Å². The van der Waals surface area contributed by atoms with E-state index in [1.54, 1.807) is 12.4 Å². The number of hydrogen-bond donors (Lipinski definition) is 0. The summed E-state index contributed by atoms with van der Waals surface area (Å²) in [6, 6.07) is 10.6. The molecule has 3 fully saturated rings. The molecule has 0 unspecified atom stereocenters. The van der Waals surface area contributed by atoms with Crippen molar-refractivity contribution in [1.29, 1.82) is 0 Å². The summed E-state index contributed by atoms with van der Waals surface area (Å²) in [4.78, 5) is 28.6. The summed E-state index contributed by atoms with van der Waals surface area (Å²) in [6.45, 7) is 9.09. The molecule has 2 atom stereocenters. The maximum absolute atomic E-state index is 13.1. The minimum atomic E-state index is -0.198. The maximum atomic E-state index is 13.1. The van der Waals surface area contributed by atoms with Gasteiger partial charge in [-0.15, -0.1) is 0 Å². The Morgan fingerprint density at radius 2 is 1.63 bits per heavy atom. The summed E-state index contributed by atoms with van der Waals surface area (Å²) in [6.07, 6.45) is 7.57. The SMILES string of the molecule is C[C@@H]1CN(c2ncc(OCC3CC3)cn2)C[C@H](C)N1C(=O)OC1CCN(Cc2ccccc2)CC1. The Hall–Kier alpha value is -2.87. The first-order valence-electron chi connectivity index (χ1n) is 13.0. The summed E-state index contributed by atoms with van der Waals surface area (Å²) in [5, 5.41) is 0. The summed E-state index contributed by atoms with van der Waals surface area (Å²) in [5.41, 5.74) is 1.33. The molecule has 8 heteroatoms. The van der Waals surface area contributed by atoms with Gasteiger partial charge in [-0.1, -0.05) is 30.3 Å². The summed E-state index contributed by atoms with van der Waals surface area (Å²) in [5.74, 6) is 2.10. The Morgan fingerprint density at radius 3 is 2.26 bits per heavy atom. The minimum absolute atomic E-state index is 0.0128. The van der Waals surface area contributed by atoms with Crippen LogP contribution in [0.15, 0.2) is 42.7 Å². The van der Waals surface area contributed by atoms with E-state index in [9.17, 15) is 4.79 Å². The normalized spacial score (nSPS) is 23.8. The van der Waals surface area contributed by atoms with Crippen LogP contribution in [0.1, 0.15) is 45.1 Å². The molecule has 3 aliphatic rings. The first-order chi connectivity index (χ1) is 17.0. The van der Waals surface area contributed by atoms with Crippen LogP contribution in [0.2, 0.25) is 0 Å². The van der Waals surface area contributed by atoms with Gasteiger partial charge in [-0.25, -0.2) is 14.8 Å². The second-order valence-electron chi connectivity index (χ2n) is 10.3. The molecule has 2 aromatic rings. The fourth-order valence-electron chi connectivity index (χ4n) is 5.12. The summed E-state index contributed by atoms with van der Waals surface area (Å²) >= 11 is 0. The van der Waals surface area contributed by atoms with Crippen LogP contribution in [-0.2, 0) is 11.3 Å². The van der Waals surface area contributed by atoms with Crippen molar-refractivity contribution in [3.8, 4) is 5.75 Å². The molecular formula is C27H37N5O3. The maximum Gasteiger partial charge on any atom is 0.410 e. The molecule has 188 valence electrons. The first kappa shape index (κ1) is 23.9. The zero-order valence-corrected chi connectivity index (χ0v) is 20.9. The highest BCUT2D eigenvalue weighted by atomic mass is 16.6. The highest BCUT2D eigenvalue weighted by molar-refractivity contribution is 5.69. The third-order valence-corrected chi connectivity index (χ3v) is 7.26. The quantitative estimate of drug-likeness (QED) is 0.595. The number of amides is 1. The number of rotatable bonds is 7. The lowest BCUT2D eigenvalue weighted by atomic mass is 10.1. The van der Waals surface area contributed by atoms with Gasteiger partial charge >= 0.3 is 6.09 Å². The predicted molar refractivity (Wildman–Crippen MR) is 134 cm³/mol. The van der Waals surface area contributed by atoms with Gasteiger partial charge < -0.3 is 14.4 Å². The van der Waals surface area contributed by atoms with Crippen LogP contribution >= 0.6 is 0 Å². The van der Waals surface area contributed by atoms with Crippen LogP contribution in [-0.4, -0.2) is 76.8 Å². The standard InChI is InChI=1S/C27H37N5O3/c1-20-16-31(26-28-14-25(15-29-26)34-19-23-8-9-23)17-21(2)32(20)27(33)35-24-10-12-30(13-11-24)18-22-6-4-3-5-7-22/h3-7,14-15,20-21,23-24H,8-13,16-19H2,1-2H3/t20-,21+. The lowest BCUT2D eigenvalue weighted by Crippen LogP contribution is -2.59. The van der Waals surface area contributed by atoms with Crippen molar-refractivity contribution in [1.82, 2.24) is 19.8 Å². The van der Waals surface area contributed by atoms with E-state index in [1.165, 1.54) is 18.4 Å².